The molecule has 0 bridgehead atoms. The SMILES string of the molecule is O=S(=O)(CCCl)Cc1ccco1. The van der Waals surface area contributed by atoms with Crippen molar-refractivity contribution >= 4 is 21.4 Å². The predicted octanol–water partition coefficient (Wildman–Crippen LogP) is 1.43. The molecule has 0 saturated carbocycles. The monoisotopic (exact) mass is 208 g/mol. The zero-order valence-corrected chi connectivity index (χ0v) is 7.94. The minimum Gasteiger partial charge on any atom is -0.468 e. The summed E-state index contributed by atoms with van der Waals surface area (Å²) in [5, 5.41) is 0. The summed E-state index contributed by atoms with van der Waals surface area (Å²) in [7, 11) is -3.08. The van der Waals surface area contributed by atoms with Crippen LogP contribution in [0.3, 0.4) is 0 Å². The lowest BCUT2D eigenvalue weighted by Gasteiger charge is -1.97. The molecule has 1 aromatic rings. The van der Waals surface area contributed by atoms with Gasteiger partial charge in [0.15, 0.2) is 9.84 Å². The summed E-state index contributed by atoms with van der Waals surface area (Å²) >= 11 is 5.32. The van der Waals surface area contributed by atoms with Gasteiger partial charge >= 0.3 is 0 Å². The zero-order valence-electron chi connectivity index (χ0n) is 6.36. The van der Waals surface area contributed by atoms with Crippen LogP contribution in [0.5, 0.6) is 0 Å². The van der Waals surface area contributed by atoms with Gasteiger partial charge in [-0.3, -0.25) is 0 Å². The highest BCUT2D eigenvalue weighted by atomic mass is 35.5. The molecule has 0 aliphatic rings. The third-order valence-electron chi connectivity index (χ3n) is 1.33. The molecule has 0 unspecified atom stereocenters. The Balaban J connectivity index is 2.63. The van der Waals surface area contributed by atoms with Gasteiger partial charge in [0.2, 0.25) is 0 Å². The van der Waals surface area contributed by atoms with Crippen LogP contribution < -0.4 is 0 Å². The standard InChI is InChI=1S/C7H9ClO3S/c8-3-5-12(9,10)6-7-2-1-4-11-7/h1-2,4H,3,5-6H2. The summed E-state index contributed by atoms with van der Waals surface area (Å²) in [6, 6.07) is 3.29. The molecule has 0 spiro atoms. The molecule has 0 aliphatic carbocycles. The second-order valence-electron chi connectivity index (χ2n) is 2.36. The molecule has 0 fully saturated rings. The van der Waals surface area contributed by atoms with Crippen LogP contribution in [0.2, 0.25) is 0 Å². The molecule has 3 nitrogen and oxygen atoms in total. The number of furan rings is 1. The molecule has 0 aliphatic heterocycles. The summed E-state index contributed by atoms with van der Waals surface area (Å²) in [5.41, 5.74) is 0. The Hall–Kier alpha value is -0.480. The first kappa shape index (κ1) is 9.61. The van der Waals surface area contributed by atoms with E-state index in [0.717, 1.165) is 0 Å². The van der Waals surface area contributed by atoms with Gasteiger partial charge in [0.05, 0.1) is 12.0 Å². The third kappa shape index (κ3) is 2.87. The Morgan fingerprint density at radius 1 is 1.50 bits per heavy atom. The van der Waals surface area contributed by atoms with Crippen molar-refractivity contribution in [3.63, 3.8) is 0 Å². The van der Waals surface area contributed by atoms with Crippen LogP contribution in [-0.2, 0) is 15.6 Å². The van der Waals surface area contributed by atoms with Gasteiger partial charge < -0.3 is 4.42 Å². The molecule has 0 aromatic carbocycles. The maximum atomic E-state index is 11.2. The van der Waals surface area contributed by atoms with E-state index in [1.165, 1.54) is 6.26 Å². The van der Waals surface area contributed by atoms with Crippen LogP contribution in [-0.4, -0.2) is 20.1 Å². The molecule has 0 amide bonds. The smallest absolute Gasteiger partial charge is 0.158 e. The van der Waals surface area contributed by atoms with Crippen molar-refractivity contribution in [3.8, 4) is 0 Å². The second-order valence-corrected chi connectivity index (χ2v) is 4.92. The van der Waals surface area contributed by atoms with Gasteiger partial charge in [-0.25, -0.2) is 8.42 Å². The Bertz CT molecular complexity index is 314. The van der Waals surface area contributed by atoms with Gasteiger partial charge in [0, 0.05) is 5.88 Å². The van der Waals surface area contributed by atoms with Crippen LogP contribution in [0.15, 0.2) is 22.8 Å². The van der Waals surface area contributed by atoms with E-state index in [1.807, 2.05) is 0 Å². The maximum Gasteiger partial charge on any atom is 0.158 e. The van der Waals surface area contributed by atoms with Gasteiger partial charge in [0.25, 0.3) is 0 Å². The average molecular weight is 209 g/mol. The Labute approximate surface area is 76.2 Å². The second kappa shape index (κ2) is 3.96. The van der Waals surface area contributed by atoms with Crippen molar-refractivity contribution in [1.82, 2.24) is 0 Å². The fraction of sp³-hybridized carbons (Fsp3) is 0.429. The molecule has 5 heteroatoms. The van der Waals surface area contributed by atoms with Gasteiger partial charge in [-0.15, -0.1) is 11.6 Å². The molecule has 1 heterocycles. The van der Waals surface area contributed by atoms with E-state index < -0.39 is 9.84 Å². The number of rotatable bonds is 4. The molecule has 12 heavy (non-hydrogen) atoms. The molecule has 1 aromatic heterocycles. The van der Waals surface area contributed by atoms with E-state index >= 15 is 0 Å². The lowest BCUT2D eigenvalue weighted by Crippen LogP contribution is -2.09. The van der Waals surface area contributed by atoms with E-state index in [1.54, 1.807) is 12.1 Å². The summed E-state index contributed by atoms with van der Waals surface area (Å²) in [5.74, 6) is 0.519. The highest BCUT2D eigenvalue weighted by Gasteiger charge is 2.12. The lowest BCUT2D eigenvalue weighted by molar-refractivity contribution is 0.521. The van der Waals surface area contributed by atoms with Crippen molar-refractivity contribution in [2.24, 2.45) is 0 Å². The van der Waals surface area contributed by atoms with E-state index in [9.17, 15) is 8.42 Å². The number of hydrogen-bond acceptors (Lipinski definition) is 3. The molecular formula is C7H9ClO3S. The van der Waals surface area contributed by atoms with Crippen LogP contribution in [0.1, 0.15) is 5.76 Å². The normalized spacial score (nSPS) is 11.8. The minimum absolute atomic E-state index is 0.00471. The summed E-state index contributed by atoms with van der Waals surface area (Å²) in [6.07, 6.45) is 1.45. The zero-order chi connectivity index (χ0) is 9.03. The largest absolute Gasteiger partial charge is 0.468 e. The first-order valence-electron chi connectivity index (χ1n) is 3.43. The van der Waals surface area contributed by atoms with E-state index in [2.05, 4.69) is 0 Å². The summed E-state index contributed by atoms with van der Waals surface area (Å²) in [4.78, 5) is 0. The first-order chi connectivity index (χ1) is 5.64. The summed E-state index contributed by atoms with van der Waals surface area (Å²) in [6.45, 7) is 0. The van der Waals surface area contributed by atoms with Gasteiger partial charge in [-0.2, -0.15) is 0 Å². The number of sulfone groups is 1. The number of halogens is 1. The molecule has 0 atom stereocenters. The van der Waals surface area contributed by atoms with Gasteiger partial charge in [-0.1, -0.05) is 0 Å². The topological polar surface area (TPSA) is 47.3 Å². The lowest BCUT2D eigenvalue weighted by atomic mass is 10.5. The van der Waals surface area contributed by atoms with E-state index in [-0.39, 0.29) is 17.4 Å². The fourth-order valence-electron chi connectivity index (χ4n) is 0.801. The van der Waals surface area contributed by atoms with Crippen molar-refractivity contribution in [2.75, 3.05) is 11.6 Å². The van der Waals surface area contributed by atoms with E-state index in [0.29, 0.717) is 5.76 Å². The first-order valence-corrected chi connectivity index (χ1v) is 5.78. The fourth-order valence-corrected chi connectivity index (χ4v) is 2.48. The van der Waals surface area contributed by atoms with Crippen LogP contribution in [0, 0.1) is 0 Å². The Morgan fingerprint density at radius 3 is 2.75 bits per heavy atom. The summed E-state index contributed by atoms with van der Waals surface area (Å²) < 4.78 is 27.2. The Morgan fingerprint density at radius 2 is 2.25 bits per heavy atom. The molecule has 68 valence electrons. The number of hydrogen-bond donors (Lipinski definition) is 0. The van der Waals surface area contributed by atoms with E-state index in [4.69, 9.17) is 16.0 Å². The quantitative estimate of drug-likeness (QED) is 0.704. The van der Waals surface area contributed by atoms with Crippen molar-refractivity contribution in [3.05, 3.63) is 24.2 Å². The third-order valence-corrected chi connectivity index (χ3v) is 3.29. The van der Waals surface area contributed by atoms with Gasteiger partial charge in [-0.05, 0) is 12.1 Å². The van der Waals surface area contributed by atoms with Crippen molar-refractivity contribution in [1.29, 1.82) is 0 Å². The van der Waals surface area contributed by atoms with Crippen molar-refractivity contribution in [2.45, 2.75) is 5.75 Å². The molecule has 0 radical (unpaired) electrons. The Kier molecular flexibility index (Phi) is 3.17. The molecule has 0 N–H and O–H groups in total. The minimum atomic E-state index is -3.08. The van der Waals surface area contributed by atoms with Crippen LogP contribution >= 0.6 is 11.6 Å². The maximum absolute atomic E-state index is 11.2. The number of alkyl halides is 1. The molecular weight excluding hydrogens is 200 g/mol. The predicted molar refractivity (Wildman–Crippen MR) is 46.9 cm³/mol. The molecule has 1 rings (SSSR count). The van der Waals surface area contributed by atoms with Crippen LogP contribution in [0.4, 0.5) is 0 Å². The van der Waals surface area contributed by atoms with Gasteiger partial charge in [0.1, 0.15) is 11.5 Å². The van der Waals surface area contributed by atoms with Crippen LogP contribution in [0.25, 0.3) is 0 Å². The average Bonchev–Trinajstić information content (AvgIpc) is 2.38. The van der Waals surface area contributed by atoms with Crippen molar-refractivity contribution < 1.29 is 12.8 Å². The highest BCUT2D eigenvalue weighted by Crippen LogP contribution is 2.06. The highest BCUT2D eigenvalue weighted by molar-refractivity contribution is 7.90. The molecule has 0 saturated heterocycles.